The summed E-state index contributed by atoms with van der Waals surface area (Å²) in [5.74, 6) is -1.94. The number of hydrogen-bond acceptors (Lipinski definition) is 7. The first kappa shape index (κ1) is 21.9. The number of imidazole rings is 1. The summed E-state index contributed by atoms with van der Waals surface area (Å²) in [6.07, 6.45) is 3.97. The lowest BCUT2D eigenvalue weighted by atomic mass is 10.1. The Kier molecular flexibility index (Phi) is 9.10. The Morgan fingerprint density at radius 1 is 1.31 bits per heavy atom. The summed E-state index contributed by atoms with van der Waals surface area (Å²) >= 11 is 1.48. The van der Waals surface area contributed by atoms with Crippen molar-refractivity contribution in [2.75, 3.05) is 12.0 Å². The molecule has 10 nitrogen and oxygen atoms in total. The minimum Gasteiger partial charge on any atom is -0.480 e. The Labute approximate surface area is 155 Å². The maximum Gasteiger partial charge on any atom is 0.326 e. The number of carboxylic acid groups (broad SMARTS) is 1. The van der Waals surface area contributed by atoms with E-state index in [4.69, 9.17) is 5.73 Å². The molecular weight excluding hydrogens is 362 g/mol. The van der Waals surface area contributed by atoms with E-state index in [1.165, 1.54) is 31.2 Å². The first-order valence-electron chi connectivity index (χ1n) is 7.99. The lowest BCUT2D eigenvalue weighted by molar-refractivity contribution is -0.142. The summed E-state index contributed by atoms with van der Waals surface area (Å²) in [4.78, 5) is 42.5. The van der Waals surface area contributed by atoms with Gasteiger partial charge in [-0.1, -0.05) is 0 Å². The molecule has 0 saturated heterocycles. The zero-order chi connectivity index (χ0) is 19.7. The lowest BCUT2D eigenvalue weighted by Gasteiger charge is -2.23. The smallest absolute Gasteiger partial charge is 0.326 e. The SMILES string of the molecule is CSCC[C@H](NC(=O)[C@@H](N)[C@@H](C)O)C(=O)N[C@@H](Cc1cnc[nH]1)C(=O)O. The summed E-state index contributed by atoms with van der Waals surface area (Å²) in [5.41, 5.74) is 6.13. The maximum atomic E-state index is 12.5. The minimum absolute atomic E-state index is 0.0253. The van der Waals surface area contributed by atoms with Crippen molar-refractivity contribution < 1.29 is 24.6 Å². The first-order chi connectivity index (χ1) is 12.3. The highest BCUT2D eigenvalue weighted by Crippen LogP contribution is 2.05. The molecule has 0 fully saturated rings. The van der Waals surface area contributed by atoms with E-state index in [2.05, 4.69) is 20.6 Å². The summed E-state index contributed by atoms with van der Waals surface area (Å²) in [5, 5.41) is 23.6. The number of nitrogens with one attached hydrogen (secondary N) is 3. The molecule has 1 aromatic heterocycles. The Morgan fingerprint density at radius 2 is 1.96 bits per heavy atom. The predicted octanol–water partition coefficient (Wildman–Crippen LogP) is -1.53. The topological polar surface area (TPSA) is 170 Å². The number of nitrogens with zero attached hydrogens (tertiary/aromatic N) is 1. The second kappa shape index (κ2) is 10.8. The van der Waals surface area contributed by atoms with Crippen LogP contribution in [0, 0.1) is 0 Å². The number of nitrogens with two attached hydrogens (primary N) is 1. The van der Waals surface area contributed by atoms with E-state index in [0.29, 0.717) is 17.9 Å². The molecule has 0 bridgehead atoms. The van der Waals surface area contributed by atoms with Gasteiger partial charge in [-0.3, -0.25) is 9.59 Å². The van der Waals surface area contributed by atoms with Crippen molar-refractivity contribution in [1.82, 2.24) is 20.6 Å². The molecule has 0 aliphatic rings. The third kappa shape index (κ3) is 7.02. The average molecular weight is 387 g/mol. The number of aromatic nitrogens is 2. The number of H-pyrrole nitrogens is 1. The van der Waals surface area contributed by atoms with E-state index in [1.54, 1.807) is 0 Å². The molecule has 2 amide bonds. The van der Waals surface area contributed by atoms with Crippen molar-refractivity contribution >= 4 is 29.5 Å². The van der Waals surface area contributed by atoms with Gasteiger partial charge in [0.15, 0.2) is 0 Å². The number of aliphatic hydroxyl groups is 1. The summed E-state index contributed by atoms with van der Waals surface area (Å²) in [6.45, 7) is 1.37. The number of rotatable bonds is 11. The largest absolute Gasteiger partial charge is 0.480 e. The average Bonchev–Trinajstić information content (AvgIpc) is 3.09. The van der Waals surface area contributed by atoms with Crippen molar-refractivity contribution in [3.05, 3.63) is 18.2 Å². The van der Waals surface area contributed by atoms with Gasteiger partial charge in [-0.05, 0) is 25.4 Å². The van der Waals surface area contributed by atoms with E-state index in [0.717, 1.165) is 0 Å². The van der Waals surface area contributed by atoms with Gasteiger partial charge in [0.1, 0.15) is 18.1 Å². The van der Waals surface area contributed by atoms with E-state index in [1.807, 2.05) is 6.26 Å². The van der Waals surface area contributed by atoms with Crippen LogP contribution in [-0.2, 0) is 20.8 Å². The number of carboxylic acids is 1. The number of carbonyl (C=O) groups excluding carboxylic acids is 2. The van der Waals surface area contributed by atoms with Crippen LogP contribution in [-0.4, -0.2) is 74.2 Å². The summed E-state index contributed by atoms with van der Waals surface area (Å²) in [7, 11) is 0. The number of hydrogen-bond donors (Lipinski definition) is 6. The summed E-state index contributed by atoms with van der Waals surface area (Å²) < 4.78 is 0. The molecule has 26 heavy (non-hydrogen) atoms. The predicted molar refractivity (Wildman–Crippen MR) is 96.4 cm³/mol. The van der Waals surface area contributed by atoms with E-state index in [-0.39, 0.29) is 6.42 Å². The van der Waals surface area contributed by atoms with Gasteiger partial charge >= 0.3 is 5.97 Å². The molecule has 0 aromatic carbocycles. The molecule has 146 valence electrons. The Bertz CT molecular complexity index is 595. The van der Waals surface area contributed by atoms with Gasteiger partial charge < -0.3 is 31.6 Å². The molecule has 7 N–H and O–H groups in total. The van der Waals surface area contributed by atoms with Crippen molar-refractivity contribution in [2.45, 2.75) is 44.0 Å². The molecule has 0 unspecified atom stereocenters. The molecule has 1 rings (SSSR count). The molecule has 4 atom stereocenters. The van der Waals surface area contributed by atoms with Crippen molar-refractivity contribution in [1.29, 1.82) is 0 Å². The zero-order valence-electron chi connectivity index (χ0n) is 14.6. The maximum absolute atomic E-state index is 12.5. The van der Waals surface area contributed by atoms with Gasteiger partial charge in [0, 0.05) is 18.3 Å². The van der Waals surface area contributed by atoms with Crippen molar-refractivity contribution in [2.24, 2.45) is 5.73 Å². The van der Waals surface area contributed by atoms with Gasteiger partial charge in [-0.2, -0.15) is 11.8 Å². The second-order valence-electron chi connectivity index (χ2n) is 5.79. The molecule has 0 spiro atoms. The number of thioether (sulfide) groups is 1. The lowest BCUT2D eigenvalue weighted by Crippen LogP contribution is -2.56. The Balaban J connectivity index is 2.78. The minimum atomic E-state index is -1.21. The number of carbonyl (C=O) groups is 3. The van der Waals surface area contributed by atoms with Crippen LogP contribution in [0.15, 0.2) is 12.5 Å². The van der Waals surface area contributed by atoms with Gasteiger partial charge in [0.25, 0.3) is 0 Å². The van der Waals surface area contributed by atoms with E-state index < -0.39 is 42.0 Å². The monoisotopic (exact) mass is 387 g/mol. The van der Waals surface area contributed by atoms with Gasteiger partial charge in [-0.15, -0.1) is 0 Å². The number of amides is 2. The van der Waals surface area contributed by atoms with Crippen molar-refractivity contribution in [3.63, 3.8) is 0 Å². The third-order valence-corrected chi connectivity index (χ3v) is 4.30. The highest BCUT2D eigenvalue weighted by atomic mass is 32.2. The first-order valence-corrected chi connectivity index (χ1v) is 9.39. The fourth-order valence-corrected chi connectivity index (χ4v) is 2.55. The van der Waals surface area contributed by atoms with Crippen LogP contribution in [0.1, 0.15) is 19.0 Å². The Morgan fingerprint density at radius 3 is 2.46 bits per heavy atom. The van der Waals surface area contributed by atoms with Crippen LogP contribution in [0.25, 0.3) is 0 Å². The fourth-order valence-electron chi connectivity index (χ4n) is 2.08. The number of aromatic amines is 1. The van der Waals surface area contributed by atoms with Crippen LogP contribution in [0.2, 0.25) is 0 Å². The van der Waals surface area contributed by atoms with Crippen LogP contribution < -0.4 is 16.4 Å². The molecule has 1 aromatic rings. The van der Waals surface area contributed by atoms with Gasteiger partial charge in [0.2, 0.25) is 11.8 Å². The summed E-state index contributed by atoms with van der Waals surface area (Å²) in [6, 6.07) is -3.31. The van der Waals surface area contributed by atoms with Gasteiger partial charge in [0.05, 0.1) is 12.4 Å². The van der Waals surface area contributed by atoms with Crippen LogP contribution >= 0.6 is 11.8 Å². The molecular formula is C15H25N5O5S. The molecule has 0 saturated carbocycles. The molecule has 1 heterocycles. The van der Waals surface area contributed by atoms with E-state index in [9.17, 15) is 24.6 Å². The highest BCUT2D eigenvalue weighted by Gasteiger charge is 2.29. The van der Waals surface area contributed by atoms with E-state index >= 15 is 0 Å². The van der Waals surface area contributed by atoms with Crippen LogP contribution in [0.4, 0.5) is 0 Å². The Hall–Kier alpha value is -2.11. The molecule has 0 aliphatic heterocycles. The van der Waals surface area contributed by atoms with Crippen LogP contribution in [0.3, 0.4) is 0 Å². The van der Waals surface area contributed by atoms with Gasteiger partial charge in [-0.25, -0.2) is 9.78 Å². The molecule has 11 heteroatoms. The normalized spacial score (nSPS) is 15.5. The highest BCUT2D eigenvalue weighted by molar-refractivity contribution is 7.98. The van der Waals surface area contributed by atoms with Crippen LogP contribution in [0.5, 0.6) is 0 Å². The third-order valence-electron chi connectivity index (χ3n) is 3.66. The number of aliphatic carboxylic acids is 1. The molecule has 0 aliphatic carbocycles. The number of aliphatic hydroxyl groups excluding tert-OH is 1. The standard InChI is InChI=1S/C15H25N5O5S/c1-8(21)12(16)14(23)19-10(3-4-26-2)13(22)20-11(15(24)25)5-9-6-17-7-18-9/h6-8,10-12,21H,3-5,16H2,1-2H3,(H,17,18)(H,19,23)(H,20,22)(H,24,25)/t8-,10+,11+,12+/m1/s1. The quantitative estimate of drug-likeness (QED) is 0.265. The second-order valence-corrected chi connectivity index (χ2v) is 6.78. The fraction of sp³-hybridized carbons (Fsp3) is 0.600. The zero-order valence-corrected chi connectivity index (χ0v) is 15.5. The molecule has 0 radical (unpaired) electrons. The van der Waals surface area contributed by atoms with Crippen molar-refractivity contribution in [3.8, 4) is 0 Å².